The zero-order valence-corrected chi connectivity index (χ0v) is 11.5. The highest BCUT2D eigenvalue weighted by atomic mass is 16.3. The molecule has 19 heavy (non-hydrogen) atoms. The third kappa shape index (κ3) is 2.63. The van der Waals surface area contributed by atoms with Gasteiger partial charge in [0.15, 0.2) is 0 Å². The van der Waals surface area contributed by atoms with Gasteiger partial charge in [-0.1, -0.05) is 0 Å². The molecule has 2 rings (SSSR count). The summed E-state index contributed by atoms with van der Waals surface area (Å²) in [7, 11) is 3.39. The summed E-state index contributed by atoms with van der Waals surface area (Å²) in [5, 5.41) is 3.15. The normalized spacial score (nSPS) is 19.3. The van der Waals surface area contributed by atoms with Crippen LogP contribution in [0.5, 0.6) is 0 Å². The van der Waals surface area contributed by atoms with E-state index in [1.54, 1.807) is 32.0 Å². The Labute approximate surface area is 112 Å². The number of aryl methyl sites for hydroxylation is 1. The molecular formula is C13H19N3O3. The fraction of sp³-hybridized carbons (Fsp3) is 0.538. The van der Waals surface area contributed by atoms with Crippen LogP contribution in [0.2, 0.25) is 0 Å². The van der Waals surface area contributed by atoms with Crippen molar-refractivity contribution in [2.24, 2.45) is 0 Å². The zero-order valence-electron chi connectivity index (χ0n) is 11.5. The molecule has 1 N–H and O–H groups in total. The van der Waals surface area contributed by atoms with Gasteiger partial charge in [-0.15, -0.1) is 0 Å². The second-order valence-corrected chi connectivity index (χ2v) is 4.84. The third-order valence-electron chi connectivity index (χ3n) is 3.32. The summed E-state index contributed by atoms with van der Waals surface area (Å²) in [5.41, 5.74) is 0.526. The largest absolute Gasteiger partial charge is 0.469 e. The first-order chi connectivity index (χ1) is 9.02. The summed E-state index contributed by atoms with van der Waals surface area (Å²) in [6, 6.07) is 1.20. The van der Waals surface area contributed by atoms with Crippen LogP contribution in [0.15, 0.2) is 16.7 Å². The summed E-state index contributed by atoms with van der Waals surface area (Å²) in [6.45, 7) is 3.45. The predicted molar refractivity (Wildman–Crippen MR) is 69.8 cm³/mol. The van der Waals surface area contributed by atoms with Crippen molar-refractivity contribution in [3.05, 3.63) is 23.7 Å². The maximum atomic E-state index is 12.5. The second kappa shape index (κ2) is 5.44. The van der Waals surface area contributed by atoms with Gasteiger partial charge < -0.3 is 19.5 Å². The van der Waals surface area contributed by atoms with Crippen molar-refractivity contribution in [1.29, 1.82) is 0 Å². The molecule has 1 fully saturated rings. The molecule has 1 aromatic heterocycles. The molecule has 0 aromatic carbocycles. The van der Waals surface area contributed by atoms with Crippen molar-refractivity contribution in [3.63, 3.8) is 0 Å². The number of carbonyl (C=O) groups excluding carboxylic acids is 2. The first-order valence-electron chi connectivity index (χ1n) is 6.29. The fourth-order valence-electron chi connectivity index (χ4n) is 2.23. The van der Waals surface area contributed by atoms with Gasteiger partial charge in [-0.2, -0.15) is 0 Å². The average Bonchev–Trinajstić information content (AvgIpc) is 2.83. The number of rotatable bonds is 2. The molecule has 0 aliphatic carbocycles. The van der Waals surface area contributed by atoms with E-state index in [-0.39, 0.29) is 11.8 Å². The Hall–Kier alpha value is -1.82. The number of likely N-dealkylation sites (N-methyl/N-ethyl adjacent to an activating group) is 1. The topological polar surface area (TPSA) is 65.8 Å². The number of amides is 2. The molecule has 0 saturated carbocycles. The number of carbonyl (C=O) groups is 2. The molecule has 6 heteroatoms. The lowest BCUT2D eigenvalue weighted by molar-refractivity contribution is -0.134. The maximum absolute atomic E-state index is 12.5. The number of nitrogens with one attached hydrogen (secondary N) is 1. The van der Waals surface area contributed by atoms with E-state index in [9.17, 15) is 9.59 Å². The molecule has 0 radical (unpaired) electrons. The molecule has 1 unspecified atom stereocenters. The molecule has 1 aromatic rings. The molecule has 1 saturated heterocycles. The van der Waals surface area contributed by atoms with Crippen LogP contribution in [0.1, 0.15) is 16.1 Å². The summed E-state index contributed by atoms with van der Waals surface area (Å²) in [4.78, 5) is 27.8. The summed E-state index contributed by atoms with van der Waals surface area (Å²) < 4.78 is 5.16. The minimum absolute atomic E-state index is 0.0679. The highest BCUT2D eigenvalue weighted by Crippen LogP contribution is 2.16. The van der Waals surface area contributed by atoms with E-state index < -0.39 is 6.04 Å². The Morgan fingerprint density at radius 1 is 1.47 bits per heavy atom. The Morgan fingerprint density at radius 3 is 2.79 bits per heavy atom. The van der Waals surface area contributed by atoms with Gasteiger partial charge in [-0.3, -0.25) is 9.59 Å². The van der Waals surface area contributed by atoms with Crippen LogP contribution in [-0.4, -0.2) is 61.4 Å². The van der Waals surface area contributed by atoms with E-state index in [4.69, 9.17) is 4.42 Å². The Balaban J connectivity index is 2.23. The van der Waals surface area contributed by atoms with Crippen LogP contribution >= 0.6 is 0 Å². The second-order valence-electron chi connectivity index (χ2n) is 4.84. The van der Waals surface area contributed by atoms with Crippen molar-refractivity contribution in [2.75, 3.05) is 33.7 Å². The molecule has 1 aliphatic rings. The van der Waals surface area contributed by atoms with E-state index in [1.165, 1.54) is 11.2 Å². The Kier molecular flexibility index (Phi) is 3.90. The maximum Gasteiger partial charge on any atom is 0.258 e. The van der Waals surface area contributed by atoms with Crippen LogP contribution in [-0.2, 0) is 4.79 Å². The summed E-state index contributed by atoms with van der Waals surface area (Å²) in [6.07, 6.45) is 1.49. The molecule has 2 amide bonds. The first-order valence-corrected chi connectivity index (χ1v) is 6.29. The van der Waals surface area contributed by atoms with E-state index >= 15 is 0 Å². The van der Waals surface area contributed by atoms with E-state index in [2.05, 4.69) is 5.32 Å². The number of hydrogen-bond acceptors (Lipinski definition) is 4. The van der Waals surface area contributed by atoms with Crippen molar-refractivity contribution < 1.29 is 14.0 Å². The molecule has 2 heterocycles. The van der Waals surface area contributed by atoms with Gasteiger partial charge >= 0.3 is 0 Å². The standard InChI is InChI=1S/C13H19N3O3/c1-9-10(4-7-19-9)12(17)16-6-5-14-8-11(16)13(18)15(2)3/h4,7,11,14H,5-6,8H2,1-3H3. The van der Waals surface area contributed by atoms with Gasteiger partial charge in [0.1, 0.15) is 11.8 Å². The number of furan rings is 1. The zero-order chi connectivity index (χ0) is 14.0. The Bertz CT molecular complexity index is 481. The lowest BCUT2D eigenvalue weighted by Crippen LogP contribution is -2.59. The van der Waals surface area contributed by atoms with Gasteiger partial charge in [0.05, 0.1) is 11.8 Å². The molecule has 0 spiro atoms. The highest BCUT2D eigenvalue weighted by molar-refractivity contribution is 5.98. The minimum atomic E-state index is -0.453. The quantitative estimate of drug-likeness (QED) is 0.823. The molecule has 104 valence electrons. The van der Waals surface area contributed by atoms with Crippen LogP contribution in [0.25, 0.3) is 0 Å². The minimum Gasteiger partial charge on any atom is -0.469 e. The first kappa shape index (κ1) is 13.6. The molecule has 1 atom stereocenters. The lowest BCUT2D eigenvalue weighted by Gasteiger charge is -2.36. The molecule has 1 aliphatic heterocycles. The van der Waals surface area contributed by atoms with E-state index in [0.717, 1.165) is 0 Å². The van der Waals surface area contributed by atoms with Crippen LogP contribution in [0.4, 0.5) is 0 Å². The van der Waals surface area contributed by atoms with Gasteiger partial charge in [-0.25, -0.2) is 0 Å². The molecule has 6 nitrogen and oxygen atoms in total. The number of hydrogen-bond donors (Lipinski definition) is 1. The highest BCUT2D eigenvalue weighted by Gasteiger charge is 2.34. The Morgan fingerprint density at radius 2 is 2.21 bits per heavy atom. The van der Waals surface area contributed by atoms with E-state index in [1.807, 2.05) is 0 Å². The average molecular weight is 265 g/mol. The van der Waals surface area contributed by atoms with Crippen molar-refractivity contribution in [3.8, 4) is 0 Å². The van der Waals surface area contributed by atoms with Crippen molar-refractivity contribution >= 4 is 11.8 Å². The van der Waals surface area contributed by atoms with Gasteiger partial charge in [0.25, 0.3) is 5.91 Å². The van der Waals surface area contributed by atoms with Gasteiger partial charge in [0, 0.05) is 33.7 Å². The number of piperazine rings is 1. The third-order valence-corrected chi connectivity index (χ3v) is 3.32. The monoisotopic (exact) mass is 265 g/mol. The molecular weight excluding hydrogens is 246 g/mol. The molecule has 0 bridgehead atoms. The fourth-order valence-corrected chi connectivity index (χ4v) is 2.23. The summed E-state index contributed by atoms with van der Waals surface area (Å²) >= 11 is 0. The van der Waals surface area contributed by atoms with Crippen molar-refractivity contribution in [1.82, 2.24) is 15.1 Å². The number of nitrogens with zero attached hydrogens (tertiary/aromatic N) is 2. The summed E-state index contributed by atoms with van der Waals surface area (Å²) in [5.74, 6) is 0.370. The van der Waals surface area contributed by atoms with Crippen molar-refractivity contribution in [2.45, 2.75) is 13.0 Å². The van der Waals surface area contributed by atoms with Crippen LogP contribution in [0.3, 0.4) is 0 Å². The predicted octanol–water partition coefficient (Wildman–Crippen LogP) is 0.0902. The lowest BCUT2D eigenvalue weighted by atomic mass is 10.1. The van der Waals surface area contributed by atoms with Crippen LogP contribution < -0.4 is 5.32 Å². The van der Waals surface area contributed by atoms with Gasteiger partial charge in [-0.05, 0) is 13.0 Å². The smallest absolute Gasteiger partial charge is 0.258 e. The SMILES string of the molecule is Cc1occc1C(=O)N1CCNCC1C(=O)N(C)C. The van der Waals surface area contributed by atoms with E-state index in [0.29, 0.717) is 31.0 Å². The van der Waals surface area contributed by atoms with Crippen LogP contribution in [0, 0.1) is 6.92 Å². The van der Waals surface area contributed by atoms with Gasteiger partial charge in [0.2, 0.25) is 5.91 Å².